The molecule has 0 spiro atoms. The van der Waals surface area contributed by atoms with Crippen LogP contribution in [0.15, 0.2) is 30.3 Å². The molecule has 4 rings (SSSR count). The Kier molecular flexibility index (Phi) is 5.00. The van der Waals surface area contributed by atoms with Crippen LogP contribution in [-0.2, 0) is 4.74 Å². The van der Waals surface area contributed by atoms with Crippen LogP contribution >= 0.6 is 0 Å². The highest BCUT2D eigenvalue weighted by molar-refractivity contribution is 5.84. The fourth-order valence-electron chi connectivity index (χ4n) is 4.24. The second kappa shape index (κ2) is 7.41. The van der Waals surface area contributed by atoms with Crippen LogP contribution < -0.4 is 16.0 Å². The zero-order chi connectivity index (χ0) is 18.1. The molecule has 1 aliphatic carbocycles. The van der Waals surface area contributed by atoms with E-state index < -0.39 is 0 Å². The number of morpholine rings is 1. The molecule has 1 saturated carbocycles. The number of anilines is 2. The Morgan fingerprint density at radius 2 is 1.77 bits per heavy atom. The van der Waals surface area contributed by atoms with Crippen LogP contribution in [0.2, 0.25) is 0 Å². The molecule has 2 heterocycles. The summed E-state index contributed by atoms with van der Waals surface area (Å²) < 4.78 is 5.83. The highest BCUT2D eigenvalue weighted by Crippen LogP contribution is 2.26. The maximum atomic E-state index is 6.01. The van der Waals surface area contributed by atoms with Crippen molar-refractivity contribution in [2.45, 2.75) is 63.8 Å². The van der Waals surface area contributed by atoms with Gasteiger partial charge in [-0.2, -0.15) is 0 Å². The lowest BCUT2D eigenvalue weighted by Crippen LogP contribution is -2.45. The molecule has 5 heteroatoms. The summed E-state index contributed by atoms with van der Waals surface area (Å²) in [6.45, 7) is 6.04. The molecule has 2 atom stereocenters. The summed E-state index contributed by atoms with van der Waals surface area (Å²) in [6.07, 6.45) is 5.03. The topological polar surface area (TPSA) is 63.4 Å². The van der Waals surface area contributed by atoms with E-state index in [9.17, 15) is 0 Å². The first-order chi connectivity index (χ1) is 12.6. The number of benzene rings is 1. The Bertz CT molecular complexity index is 747. The zero-order valence-electron chi connectivity index (χ0n) is 15.8. The Hall–Kier alpha value is -1.85. The van der Waals surface area contributed by atoms with Crippen LogP contribution in [0.4, 0.5) is 11.5 Å². The fraction of sp³-hybridized carbons (Fsp3) is 0.571. The van der Waals surface area contributed by atoms with Gasteiger partial charge in [0.2, 0.25) is 0 Å². The molecular formula is C21H30N4O. The summed E-state index contributed by atoms with van der Waals surface area (Å²) in [7, 11) is 0. The second-order valence-corrected chi connectivity index (χ2v) is 8.00. The molecule has 0 radical (unpaired) electrons. The third-order valence-corrected chi connectivity index (χ3v) is 5.56. The lowest BCUT2D eigenvalue weighted by atomic mass is 9.91. The molecule has 1 aliphatic heterocycles. The van der Waals surface area contributed by atoms with Gasteiger partial charge in [0.15, 0.2) is 0 Å². The summed E-state index contributed by atoms with van der Waals surface area (Å²) in [4.78, 5) is 7.22. The van der Waals surface area contributed by atoms with Gasteiger partial charge < -0.3 is 20.7 Å². The number of pyridine rings is 1. The van der Waals surface area contributed by atoms with Gasteiger partial charge in [-0.15, -0.1) is 0 Å². The maximum absolute atomic E-state index is 6.01. The quantitative estimate of drug-likeness (QED) is 0.883. The normalized spacial score (nSPS) is 29.7. The maximum Gasteiger partial charge on any atom is 0.129 e. The second-order valence-electron chi connectivity index (χ2n) is 8.00. The van der Waals surface area contributed by atoms with Gasteiger partial charge in [-0.3, -0.25) is 0 Å². The van der Waals surface area contributed by atoms with Crippen LogP contribution in [0, 0.1) is 0 Å². The standard InChI is InChI=1S/C21H30N4O/c1-14-12-25(13-15(2)26-14)21-10-3-16-11-19(8-9-20(16)24-21)23-18-6-4-17(22)5-7-18/h3,8-11,14-15,17-18,23H,4-7,12-13,22H2,1-2H3. The molecule has 26 heavy (non-hydrogen) atoms. The van der Waals surface area contributed by atoms with Crippen molar-refractivity contribution < 1.29 is 4.74 Å². The van der Waals surface area contributed by atoms with E-state index in [0.717, 1.165) is 50.1 Å². The molecule has 0 amide bonds. The number of hydrogen-bond donors (Lipinski definition) is 2. The van der Waals surface area contributed by atoms with Gasteiger partial charge in [0.05, 0.1) is 17.7 Å². The zero-order valence-corrected chi connectivity index (χ0v) is 15.8. The number of hydrogen-bond acceptors (Lipinski definition) is 5. The van der Waals surface area contributed by atoms with E-state index in [-0.39, 0.29) is 12.2 Å². The summed E-state index contributed by atoms with van der Waals surface area (Å²) >= 11 is 0. The molecule has 0 bridgehead atoms. The lowest BCUT2D eigenvalue weighted by molar-refractivity contribution is -0.00544. The predicted molar refractivity (Wildman–Crippen MR) is 108 cm³/mol. The summed E-state index contributed by atoms with van der Waals surface area (Å²) in [6, 6.07) is 11.7. The minimum Gasteiger partial charge on any atom is -0.382 e. The van der Waals surface area contributed by atoms with Crippen molar-refractivity contribution in [2.24, 2.45) is 5.73 Å². The molecule has 1 aromatic carbocycles. The molecule has 140 valence electrons. The van der Waals surface area contributed by atoms with Crippen LogP contribution in [-0.4, -0.2) is 42.4 Å². The molecule has 2 unspecified atom stereocenters. The molecule has 2 fully saturated rings. The van der Waals surface area contributed by atoms with Crippen molar-refractivity contribution in [2.75, 3.05) is 23.3 Å². The summed E-state index contributed by atoms with van der Waals surface area (Å²) in [5, 5.41) is 4.85. The van der Waals surface area contributed by atoms with Crippen molar-refractivity contribution in [3.8, 4) is 0 Å². The lowest BCUT2D eigenvalue weighted by Gasteiger charge is -2.36. The van der Waals surface area contributed by atoms with E-state index in [1.165, 1.54) is 11.1 Å². The molecule has 5 nitrogen and oxygen atoms in total. The van der Waals surface area contributed by atoms with Crippen molar-refractivity contribution in [1.82, 2.24) is 4.98 Å². The minimum atomic E-state index is 0.242. The van der Waals surface area contributed by atoms with Crippen molar-refractivity contribution in [3.05, 3.63) is 30.3 Å². The van der Waals surface area contributed by atoms with E-state index in [0.29, 0.717) is 12.1 Å². The molecule has 1 aromatic heterocycles. The molecule has 2 aliphatic rings. The Labute approximate surface area is 155 Å². The molecule has 1 saturated heterocycles. The van der Waals surface area contributed by atoms with Crippen molar-refractivity contribution in [1.29, 1.82) is 0 Å². The largest absolute Gasteiger partial charge is 0.382 e. The molecule has 3 N–H and O–H groups in total. The van der Waals surface area contributed by atoms with Gasteiger partial charge in [-0.25, -0.2) is 4.98 Å². The van der Waals surface area contributed by atoms with E-state index >= 15 is 0 Å². The average molecular weight is 354 g/mol. The number of aromatic nitrogens is 1. The van der Waals surface area contributed by atoms with E-state index in [4.69, 9.17) is 15.5 Å². The van der Waals surface area contributed by atoms with Gasteiger partial charge >= 0.3 is 0 Å². The van der Waals surface area contributed by atoms with Crippen LogP contribution in [0.5, 0.6) is 0 Å². The monoisotopic (exact) mass is 354 g/mol. The van der Waals surface area contributed by atoms with Crippen molar-refractivity contribution >= 4 is 22.4 Å². The van der Waals surface area contributed by atoms with Gasteiger partial charge in [0.25, 0.3) is 0 Å². The Balaban J connectivity index is 1.49. The number of fused-ring (bicyclic) bond motifs is 1. The number of nitrogens with two attached hydrogens (primary N) is 1. The number of nitrogens with one attached hydrogen (secondary N) is 1. The first kappa shape index (κ1) is 17.6. The number of nitrogens with zero attached hydrogens (tertiary/aromatic N) is 2. The third kappa shape index (κ3) is 3.94. The first-order valence-corrected chi connectivity index (χ1v) is 9.90. The third-order valence-electron chi connectivity index (χ3n) is 5.56. The fourth-order valence-corrected chi connectivity index (χ4v) is 4.24. The molecular weight excluding hydrogens is 324 g/mol. The molecule has 2 aromatic rings. The van der Waals surface area contributed by atoms with Gasteiger partial charge in [0, 0.05) is 36.2 Å². The highest BCUT2D eigenvalue weighted by atomic mass is 16.5. The summed E-state index contributed by atoms with van der Waals surface area (Å²) in [5.41, 5.74) is 8.24. The first-order valence-electron chi connectivity index (χ1n) is 9.90. The van der Waals surface area contributed by atoms with Gasteiger partial charge in [0.1, 0.15) is 5.82 Å². The average Bonchev–Trinajstić information content (AvgIpc) is 2.62. The van der Waals surface area contributed by atoms with E-state index in [1.807, 2.05) is 0 Å². The van der Waals surface area contributed by atoms with Crippen molar-refractivity contribution in [3.63, 3.8) is 0 Å². The van der Waals surface area contributed by atoms with Gasteiger partial charge in [-0.05, 0) is 69.9 Å². The van der Waals surface area contributed by atoms with Crippen LogP contribution in [0.3, 0.4) is 0 Å². The predicted octanol–water partition coefficient (Wildman–Crippen LogP) is 3.53. The SMILES string of the molecule is CC1CN(c2ccc3cc(NC4CCC(N)CC4)ccc3n2)CC(C)O1. The smallest absolute Gasteiger partial charge is 0.129 e. The van der Waals surface area contributed by atoms with Crippen LogP contribution in [0.1, 0.15) is 39.5 Å². The van der Waals surface area contributed by atoms with E-state index in [1.54, 1.807) is 0 Å². The number of ether oxygens (including phenoxy) is 1. The minimum absolute atomic E-state index is 0.242. The summed E-state index contributed by atoms with van der Waals surface area (Å²) in [5.74, 6) is 1.04. The van der Waals surface area contributed by atoms with Gasteiger partial charge in [-0.1, -0.05) is 0 Å². The van der Waals surface area contributed by atoms with E-state index in [2.05, 4.69) is 54.4 Å². The number of rotatable bonds is 3. The Morgan fingerprint density at radius 1 is 1.04 bits per heavy atom. The van der Waals surface area contributed by atoms with Crippen LogP contribution in [0.25, 0.3) is 10.9 Å². The Morgan fingerprint density at radius 3 is 2.50 bits per heavy atom. The highest BCUT2D eigenvalue weighted by Gasteiger charge is 2.23.